The topological polar surface area (TPSA) is 58.4 Å². The Labute approximate surface area is 113 Å². The number of likely N-dealkylation sites (tertiary alicyclic amines) is 1. The minimum Gasteiger partial charge on any atom is -0.386 e. The minimum atomic E-state index is -4.50. The van der Waals surface area contributed by atoms with Gasteiger partial charge in [0, 0.05) is 6.20 Å². The number of hydrogen-bond donors (Lipinski definition) is 1. The van der Waals surface area contributed by atoms with Crippen molar-refractivity contribution in [2.75, 3.05) is 13.1 Å². The van der Waals surface area contributed by atoms with Crippen molar-refractivity contribution < 1.29 is 23.1 Å². The summed E-state index contributed by atoms with van der Waals surface area (Å²) in [5, 5.41) is 13.4. The molecule has 3 rings (SSSR count). The fourth-order valence-electron chi connectivity index (χ4n) is 2.51. The monoisotopic (exact) mass is 289 g/mol. The van der Waals surface area contributed by atoms with Gasteiger partial charge in [0.1, 0.15) is 12.1 Å². The Morgan fingerprint density at radius 1 is 1.45 bits per heavy atom. The molecule has 1 aliphatic carbocycles. The summed E-state index contributed by atoms with van der Waals surface area (Å²) in [5.74, 6) is -0.0553. The molecular weight excluding hydrogens is 275 g/mol. The third kappa shape index (κ3) is 2.39. The molecule has 0 spiro atoms. The van der Waals surface area contributed by atoms with Gasteiger partial charge in [-0.25, -0.2) is 0 Å². The van der Waals surface area contributed by atoms with Gasteiger partial charge >= 0.3 is 6.18 Å². The van der Waals surface area contributed by atoms with Crippen molar-refractivity contribution in [2.24, 2.45) is 5.92 Å². The molecular formula is C12H14F3N3O2. The second-order valence-corrected chi connectivity index (χ2v) is 5.52. The van der Waals surface area contributed by atoms with E-state index >= 15 is 0 Å². The van der Waals surface area contributed by atoms with Gasteiger partial charge < -0.3 is 10.0 Å². The highest BCUT2D eigenvalue weighted by Crippen LogP contribution is 2.44. The largest absolute Gasteiger partial charge is 0.435 e. The zero-order chi connectivity index (χ0) is 14.5. The maximum Gasteiger partial charge on any atom is 0.435 e. The molecule has 1 saturated carbocycles. The van der Waals surface area contributed by atoms with Gasteiger partial charge in [0.2, 0.25) is 5.91 Å². The first-order valence-electron chi connectivity index (χ1n) is 6.39. The third-order valence-electron chi connectivity index (χ3n) is 3.85. The normalized spacial score (nSPS) is 21.7. The Morgan fingerprint density at radius 3 is 2.60 bits per heavy atom. The van der Waals surface area contributed by atoms with Crippen LogP contribution in [0.5, 0.6) is 0 Å². The molecule has 1 N–H and O–H groups in total. The summed E-state index contributed by atoms with van der Waals surface area (Å²) < 4.78 is 38.1. The van der Waals surface area contributed by atoms with E-state index in [0.29, 0.717) is 0 Å². The molecule has 1 amide bonds. The second kappa shape index (κ2) is 4.21. The predicted molar refractivity (Wildman–Crippen MR) is 61.5 cm³/mol. The number of aliphatic hydroxyl groups is 1. The van der Waals surface area contributed by atoms with Gasteiger partial charge in [-0.05, 0) is 24.8 Å². The first-order chi connectivity index (χ1) is 9.28. The average molecular weight is 289 g/mol. The Balaban J connectivity index is 1.56. The minimum absolute atomic E-state index is 0.239. The number of alkyl halides is 3. The van der Waals surface area contributed by atoms with E-state index in [-0.39, 0.29) is 31.5 Å². The van der Waals surface area contributed by atoms with Gasteiger partial charge in [-0.1, -0.05) is 0 Å². The lowest BCUT2D eigenvalue weighted by Gasteiger charge is -2.47. The molecule has 110 valence electrons. The lowest BCUT2D eigenvalue weighted by Crippen LogP contribution is -2.65. The summed E-state index contributed by atoms with van der Waals surface area (Å²) in [4.78, 5) is 13.3. The van der Waals surface area contributed by atoms with E-state index in [1.54, 1.807) is 0 Å². The number of aromatic nitrogens is 2. The van der Waals surface area contributed by atoms with Crippen molar-refractivity contribution in [3.05, 3.63) is 18.0 Å². The molecule has 2 aliphatic rings. The molecule has 2 heterocycles. The molecule has 1 aromatic rings. The maximum atomic E-state index is 12.4. The summed E-state index contributed by atoms with van der Waals surface area (Å²) in [6.07, 6.45) is -1.41. The first-order valence-corrected chi connectivity index (χ1v) is 6.39. The Hall–Kier alpha value is -1.57. The van der Waals surface area contributed by atoms with Gasteiger partial charge in [-0.3, -0.25) is 9.48 Å². The molecule has 1 aliphatic heterocycles. The van der Waals surface area contributed by atoms with Crippen LogP contribution in [0.25, 0.3) is 0 Å². The lowest BCUT2D eigenvalue weighted by atomic mass is 9.89. The summed E-state index contributed by atoms with van der Waals surface area (Å²) in [5.41, 5.74) is -1.79. The number of carbonyl (C=O) groups is 1. The van der Waals surface area contributed by atoms with Crippen LogP contribution in [0, 0.1) is 5.92 Å². The quantitative estimate of drug-likeness (QED) is 0.899. The van der Waals surface area contributed by atoms with Crippen molar-refractivity contribution in [3.63, 3.8) is 0 Å². The first kappa shape index (κ1) is 13.4. The molecule has 0 radical (unpaired) electrons. The molecule has 20 heavy (non-hydrogen) atoms. The standard InChI is InChI=1S/C12H14F3N3O2/c13-12(14,15)9-3-4-18(16-9)5-10(19)17-6-11(20,7-17)8-1-2-8/h3-4,8,20H,1-2,5-7H2. The number of amides is 1. The highest BCUT2D eigenvalue weighted by atomic mass is 19.4. The Morgan fingerprint density at radius 2 is 2.10 bits per heavy atom. The fourth-order valence-corrected chi connectivity index (χ4v) is 2.51. The molecule has 1 aromatic heterocycles. The van der Waals surface area contributed by atoms with Crippen molar-refractivity contribution in [1.29, 1.82) is 0 Å². The van der Waals surface area contributed by atoms with Crippen LogP contribution < -0.4 is 0 Å². The van der Waals surface area contributed by atoms with E-state index in [0.717, 1.165) is 29.8 Å². The predicted octanol–water partition coefficient (Wildman–Crippen LogP) is 0.885. The molecule has 5 nitrogen and oxygen atoms in total. The van der Waals surface area contributed by atoms with E-state index in [1.165, 1.54) is 4.90 Å². The number of β-amino-alcohol motifs (C(OH)–C–C–N with tert-alkyl or cyclic N) is 1. The third-order valence-corrected chi connectivity index (χ3v) is 3.85. The average Bonchev–Trinajstić information content (AvgIpc) is 3.04. The number of rotatable bonds is 3. The number of carbonyl (C=O) groups excluding carboxylic acids is 1. The molecule has 0 bridgehead atoms. The van der Waals surface area contributed by atoms with Gasteiger partial charge in [0.15, 0.2) is 5.69 Å². The highest BCUT2D eigenvalue weighted by Gasteiger charge is 2.53. The molecule has 8 heteroatoms. The molecule has 0 unspecified atom stereocenters. The van der Waals surface area contributed by atoms with Crippen LogP contribution in [0.1, 0.15) is 18.5 Å². The SMILES string of the molecule is O=C(Cn1ccc(C(F)(F)F)n1)N1CC(O)(C2CC2)C1. The van der Waals surface area contributed by atoms with E-state index < -0.39 is 17.5 Å². The van der Waals surface area contributed by atoms with E-state index in [9.17, 15) is 23.1 Å². The van der Waals surface area contributed by atoms with Gasteiger partial charge in [0.05, 0.1) is 13.1 Å². The Kier molecular flexibility index (Phi) is 2.82. The molecule has 0 aromatic carbocycles. The number of halogens is 3. The lowest BCUT2D eigenvalue weighted by molar-refractivity contribution is -0.160. The number of nitrogens with zero attached hydrogens (tertiary/aromatic N) is 3. The van der Waals surface area contributed by atoms with Gasteiger partial charge in [0.25, 0.3) is 0 Å². The van der Waals surface area contributed by atoms with Gasteiger partial charge in [-0.15, -0.1) is 0 Å². The van der Waals surface area contributed by atoms with Crippen LogP contribution in [0.4, 0.5) is 13.2 Å². The van der Waals surface area contributed by atoms with E-state index in [4.69, 9.17) is 0 Å². The molecule has 2 fully saturated rings. The Bertz CT molecular complexity index is 530. The summed E-state index contributed by atoms with van der Waals surface area (Å²) in [7, 11) is 0. The zero-order valence-corrected chi connectivity index (χ0v) is 10.6. The molecule has 0 atom stereocenters. The van der Waals surface area contributed by atoms with Crippen molar-refractivity contribution in [1.82, 2.24) is 14.7 Å². The van der Waals surface area contributed by atoms with Crippen LogP contribution in [0.15, 0.2) is 12.3 Å². The maximum absolute atomic E-state index is 12.4. The van der Waals surface area contributed by atoms with Crippen molar-refractivity contribution in [2.45, 2.75) is 31.2 Å². The van der Waals surface area contributed by atoms with Crippen LogP contribution in [-0.2, 0) is 17.5 Å². The van der Waals surface area contributed by atoms with Crippen LogP contribution in [-0.4, -0.2) is 44.4 Å². The van der Waals surface area contributed by atoms with Crippen LogP contribution in [0.2, 0.25) is 0 Å². The van der Waals surface area contributed by atoms with Crippen molar-refractivity contribution in [3.8, 4) is 0 Å². The summed E-state index contributed by atoms with van der Waals surface area (Å²) >= 11 is 0. The highest BCUT2D eigenvalue weighted by molar-refractivity contribution is 5.77. The summed E-state index contributed by atoms with van der Waals surface area (Å²) in [6.45, 7) is 0.296. The number of hydrogen-bond acceptors (Lipinski definition) is 3. The molecule has 1 saturated heterocycles. The fraction of sp³-hybridized carbons (Fsp3) is 0.667. The van der Waals surface area contributed by atoms with Crippen LogP contribution >= 0.6 is 0 Å². The smallest absolute Gasteiger partial charge is 0.386 e. The van der Waals surface area contributed by atoms with E-state index in [1.807, 2.05) is 0 Å². The van der Waals surface area contributed by atoms with Crippen molar-refractivity contribution >= 4 is 5.91 Å². The van der Waals surface area contributed by atoms with Crippen LogP contribution in [0.3, 0.4) is 0 Å². The van der Waals surface area contributed by atoms with E-state index in [2.05, 4.69) is 5.10 Å². The second-order valence-electron chi connectivity index (χ2n) is 5.52. The summed E-state index contributed by atoms with van der Waals surface area (Å²) in [6, 6.07) is 0.837. The zero-order valence-electron chi connectivity index (χ0n) is 10.6. The van der Waals surface area contributed by atoms with Gasteiger partial charge in [-0.2, -0.15) is 18.3 Å².